The molecule has 5 rings (SSSR count). The highest BCUT2D eigenvalue weighted by molar-refractivity contribution is 5.98. The average Bonchev–Trinajstić information content (AvgIpc) is 3.64. The minimum absolute atomic E-state index is 0.157. The minimum atomic E-state index is 0.157. The summed E-state index contributed by atoms with van der Waals surface area (Å²) in [6.07, 6.45) is 1.61. The summed E-state index contributed by atoms with van der Waals surface area (Å²) in [6, 6.07) is 37.8. The zero-order valence-electron chi connectivity index (χ0n) is 18.1. The van der Waals surface area contributed by atoms with Gasteiger partial charge in [-0.05, 0) is 40.3 Å². The van der Waals surface area contributed by atoms with Gasteiger partial charge in [0.05, 0.1) is 0 Å². The van der Waals surface area contributed by atoms with Crippen molar-refractivity contribution in [1.29, 1.82) is 0 Å². The number of ketones is 1. The van der Waals surface area contributed by atoms with Gasteiger partial charge in [0.15, 0.2) is 5.78 Å². The summed E-state index contributed by atoms with van der Waals surface area (Å²) in [5.74, 6) is 0.732. The van der Waals surface area contributed by atoms with Crippen molar-refractivity contribution in [3.63, 3.8) is 0 Å². The van der Waals surface area contributed by atoms with Crippen LogP contribution in [0.1, 0.15) is 39.4 Å². The van der Waals surface area contributed by atoms with Crippen molar-refractivity contribution in [3.05, 3.63) is 131 Å². The molecule has 0 saturated heterocycles. The van der Waals surface area contributed by atoms with E-state index < -0.39 is 0 Å². The van der Waals surface area contributed by atoms with Crippen molar-refractivity contribution < 1.29 is 4.79 Å². The lowest BCUT2D eigenvalue weighted by molar-refractivity contribution is 0.0993. The molecule has 32 heavy (non-hydrogen) atoms. The molecule has 2 atom stereocenters. The van der Waals surface area contributed by atoms with Crippen molar-refractivity contribution in [2.45, 2.75) is 31.3 Å². The molecule has 4 aromatic carbocycles. The molecule has 0 amide bonds. The SMILES string of the molecule is O=C(Cc1ccc(C2CC2NCc2ccccc2)cc1)c1cccc(-c2ccccc2)c1. The van der Waals surface area contributed by atoms with E-state index in [0.29, 0.717) is 18.4 Å². The molecule has 0 heterocycles. The van der Waals surface area contributed by atoms with Crippen LogP contribution in [0, 0.1) is 0 Å². The Morgan fingerprint density at radius 1 is 0.719 bits per heavy atom. The summed E-state index contributed by atoms with van der Waals surface area (Å²) in [5.41, 5.74) is 6.73. The number of carbonyl (C=O) groups excluding carboxylic acids is 1. The highest BCUT2D eigenvalue weighted by Gasteiger charge is 2.37. The quantitative estimate of drug-likeness (QED) is 0.335. The topological polar surface area (TPSA) is 29.1 Å². The van der Waals surface area contributed by atoms with Crippen molar-refractivity contribution >= 4 is 5.78 Å². The normalized spacial score (nSPS) is 17.1. The second kappa shape index (κ2) is 9.33. The van der Waals surface area contributed by atoms with Gasteiger partial charge >= 0.3 is 0 Å². The molecule has 0 radical (unpaired) electrons. The molecule has 0 aromatic heterocycles. The Morgan fingerprint density at radius 2 is 1.41 bits per heavy atom. The molecule has 2 nitrogen and oxygen atoms in total. The monoisotopic (exact) mass is 417 g/mol. The van der Waals surface area contributed by atoms with Crippen LogP contribution in [-0.4, -0.2) is 11.8 Å². The molecular weight excluding hydrogens is 390 g/mol. The van der Waals surface area contributed by atoms with Crippen molar-refractivity contribution in [3.8, 4) is 11.1 Å². The zero-order chi connectivity index (χ0) is 21.8. The van der Waals surface area contributed by atoms with E-state index in [1.54, 1.807) is 0 Å². The van der Waals surface area contributed by atoms with Crippen molar-refractivity contribution in [2.24, 2.45) is 0 Å². The molecule has 1 aliphatic carbocycles. The Bertz CT molecular complexity index is 1180. The number of benzene rings is 4. The van der Waals surface area contributed by atoms with Gasteiger partial charge in [-0.1, -0.05) is 103 Å². The van der Waals surface area contributed by atoms with Gasteiger partial charge in [0.2, 0.25) is 0 Å². The molecule has 0 aliphatic heterocycles. The number of rotatable bonds is 8. The highest BCUT2D eigenvalue weighted by Crippen LogP contribution is 2.41. The molecule has 1 fully saturated rings. The van der Waals surface area contributed by atoms with Gasteiger partial charge < -0.3 is 5.32 Å². The Kier molecular flexibility index (Phi) is 5.96. The maximum Gasteiger partial charge on any atom is 0.167 e. The fourth-order valence-electron chi connectivity index (χ4n) is 4.31. The van der Waals surface area contributed by atoms with Gasteiger partial charge in [-0.3, -0.25) is 4.79 Å². The van der Waals surface area contributed by atoms with Crippen LogP contribution in [0.5, 0.6) is 0 Å². The summed E-state index contributed by atoms with van der Waals surface area (Å²) in [6.45, 7) is 0.913. The lowest BCUT2D eigenvalue weighted by Gasteiger charge is -2.07. The first-order valence-corrected chi connectivity index (χ1v) is 11.3. The highest BCUT2D eigenvalue weighted by atomic mass is 16.1. The number of hydrogen-bond donors (Lipinski definition) is 1. The van der Waals surface area contributed by atoms with Gasteiger partial charge in [0.25, 0.3) is 0 Å². The van der Waals surface area contributed by atoms with E-state index in [9.17, 15) is 4.79 Å². The third kappa shape index (κ3) is 4.87. The zero-order valence-corrected chi connectivity index (χ0v) is 18.1. The Hall–Kier alpha value is -3.49. The molecule has 4 aromatic rings. The van der Waals surface area contributed by atoms with Crippen LogP contribution in [0.3, 0.4) is 0 Å². The first-order valence-electron chi connectivity index (χ1n) is 11.3. The fourth-order valence-corrected chi connectivity index (χ4v) is 4.31. The first-order chi connectivity index (χ1) is 15.8. The lowest BCUT2D eigenvalue weighted by Crippen LogP contribution is -2.17. The Balaban J connectivity index is 1.18. The average molecular weight is 418 g/mol. The van der Waals surface area contributed by atoms with E-state index in [2.05, 4.69) is 78.1 Å². The summed E-state index contributed by atoms with van der Waals surface area (Å²) in [4.78, 5) is 12.9. The molecule has 158 valence electrons. The van der Waals surface area contributed by atoms with Crippen molar-refractivity contribution in [1.82, 2.24) is 5.32 Å². The van der Waals surface area contributed by atoms with E-state index in [1.165, 1.54) is 17.5 Å². The van der Waals surface area contributed by atoms with E-state index in [-0.39, 0.29) is 5.78 Å². The second-order valence-electron chi connectivity index (χ2n) is 8.60. The van der Waals surface area contributed by atoms with Crippen LogP contribution in [0.2, 0.25) is 0 Å². The maximum absolute atomic E-state index is 12.9. The third-order valence-electron chi connectivity index (χ3n) is 6.27. The van der Waals surface area contributed by atoms with E-state index in [0.717, 1.165) is 28.8 Å². The fraction of sp³-hybridized carbons (Fsp3) is 0.167. The van der Waals surface area contributed by atoms with Gasteiger partial charge in [-0.2, -0.15) is 0 Å². The molecule has 1 saturated carbocycles. The number of carbonyl (C=O) groups is 1. The predicted molar refractivity (Wildman–Crippen MR) is 131 cm³/mol. The van der Waals surface area contributed by atoms with Gasteiger partial charge in [-0.25, -0.2) is 0 Å². The summed E-state index contributed by atoms with van der Waals surface area (Å²) in [5, 5.41) is 3.65. The standard InChI is InChI=1S/C30H27NO/c32-30(27-13-7-12-26(19-27)24-10-5-2-6-11-24)18-22-14-16-25(17-15-22)28-20-29(28)31-21-23-8-3-1-4-9-23/h1-17,19,28-29,31H,18,20-21H2. The Labute approximate surface area is 189 Å². The Morgan fingerprint density at radius 3 is 2.16 bits per heavy atom. The summed E-state index contributed by atoms with van der Waals surface area (Å²) < 4.78 is 0. The lowest BCUT2D eigenvalue weighted by atomic mass is 9.97. The molecule has 0 bridgehead atoms. The van der Waals surface area contributed by atoms with Crippen LogP contribution >= 0.6 is 0 Å². The molecule has 1 N–H and O–H groups in total. The van der Waals surface area contributed by atoms with E-state index in [1.807, 2.05) is 36.4 Å². The molecule has 2 heteroatoms. The van der Waals surface area contributed by atoms with E-state index >= 15 is 0 Å². The largest absolute Gasteiger partial charge is 0.309 e. The number of Topliss-reactive ketones (excluding diaryl/α,β-unsaturated/α-hetero) is 1. The van der Waals surface area contributed by atoms with Gasteiger partial charge in [0.1, 0.15) is 0 Å². The van der Waals surface area contributed by atoms with Crippen molar-refractivity contribution in [2.75, 3.05) is 0 Å². The molecule has 0 spiro atoms. The predicted octanol–water partition coefficient (Wildman–Crippen LogP) is 6.42. The molecule has 1 aliphatic rings. The van der Waals surface area contributed by atoms with Crippen LogP contribution in [0.15, 0.2) is 109 Å². The van der Waals surface area contributed by atoms with Crippen LogP contribution < -0.4 is 5.32 Å². The van der Waals surface area contributed by atoms with Crippen LogP contribution in [0.4, 0.5) is 0 Å². The summed E-state index contributed by atoms with van der Waals surface area (Å²) in [7, 11) is 0. The first kappa shape index (κ1) is 20.4. The van der Waals surface area contributed by atoms with Crippen LogP contribution in [0.25, 0.3) is 11.1 Å². The summed E-state index contributed by atoms with van der Waals surface area (Å²) >= 11 is 0. The minimum Gasteiger partial charge on any atom is -0.309 e. The third-order valence-corrected chi connectivity index (χ3v) is 6.27. The number of hydrogen-bond acceptors (Lipinski definition) is 2. The van der Waals surface area contributed by atoms with Crippen LogP contribution in [-0.2, 0) is 13.0 Å². The van der Waals surface area contributed by atoms with E-state index in [4.69, 9.17) is 0 Å². The smallest absolute Gasteiger partial charge is 0.167 e. The number of nitrogens with one attached hydrogen (secondary N) is 1. The molecule has 2 unspecified atom stereocenters. The van der Waals surface area contributed by atoms with Gasteiger partial charge in [0, 0.05) is 30.5 Å². The molecular formula is C30H27NO. The second-order valence-corrected chi connectivity index (χ2v) is 8.60. The maximum atomic E-state index is 12.9. The van der Waals surface area contributed by atoms with Gasteiger partial charge in [-0.15, -0.1) is 0 Å².